The van der Waals surface area contributed by atoms with Crippen LogP contribution in [0.15, 0.2) is 54.6 Å². The van der Waals surface area contributed by atoms with Gasteiger partial charge in [0.2, 0.25) is 0 Å². The Morgan fingerprint density at radius 2 is 0.881 bits per heavy atom. The summed E-state index contributed by atoms with van der Waals surface area (Å²) in [6.45, 7) is -6.49. The van der Waals surface area contributed by atoms with Crippen LogP contribution < -0.4 is 4.74 Å². The van der Waals surface area contributed by atoms with E-state index in [1.54, 1.807) is 6.07 Å². The van der Waals surface area contributed by atoms with Gasteiger partial charge in [-0.15, -0.1) is 0 Å². The van der Waals surface area contributed by atoms with E-state index in [1.807, 2.05) is 0 Å². The maximum absolute atomic E-state index is 14.0. The Morgan fingerprint density at radius 1 is 0.524 bits per heavy atom. The van der Waals surface area contributed by atoms with Gasteiger partial charge in [0.15, 0.2) is 12.4 Å². The third-order valence-corrected chi connectivity index (χ3v) is 5.66. The predicted octanol–water partition coefficient (Wildman–Crippen LogP) is 7.37. The SMILES string of the molecule is O=C(c1ccccc1)c1ccc(OCC(F)(F)C(F)(F)C(F)(F)C(F)(F)C(F)(F)C(F)(F)C(F)(F)C(F)(F)CO)cc1. The van der Waals surface area contributed by atoms with Gasteiger partial charge in [-0.2, -0.15) is 70.2 Å². The first-order valence-electron chi connectivity index (χ1n) is 10.7. The number of hydrogen-bond acceptors (Lipinski definition) is 3. The van der Waals surface area contributed by atoms with Crippen LogP contribution in [0, 0.1) is 0 Å². The molecule has 1 N–H and O–H groups in total. The molecule has 0 aromatic heterocycles. The quantitative estimate of drug-likeness (QED) is 0.184. The van der Waals surface area contributed by atoms with Crippen LogP contribution in [0.25, 0.3) is 0 Å². The van der Waals surface area contributed by atoms with Gasteiger partial charge in [-0.1, -0.05) is 30.3 Å². The van der Waals surface area contributed by atoms with Crippen molar-refractivity contribution >= 4 is 5.78 Å². The first-order valence-corrected chi connectivity index (χ1v) is 10.7. The summed E-state index contributed by atoms with van der Waals surface area (Å²) in [5.41, 5.74) is -0.0516. The number of carbonyl (C=O) groups is 1. The van der Waals surface area contributed by atoms with Gasteiger partial charge in [0.05, 0.1) is 0 Å². The number of carbonyl (C=O) groups excluding carboxylic acids is 1. The molecule has 0 saturated carbocycles. The summed E-state index contributed by atoms with van der Waals surface area (Å²) >= 11 is 0. The number of alkyl halides is 16. The van der Waals surface area contributed by atoms with Gasteiger partial charge in [0, 0.05) is 11.1 Å². The maximum atomic E-state index is 14.0. The molecule has 2 rings (SSSR count). The Bertz CT molecular complexity index is 1240. The first kappa shape index (κ1) is 34.9. The molecule has 3 nitrogen and oxygen atoms in total. The van der Waals surface area contributed by atoms with Crippen molar-refractivity contribution in [1.82, 2.24) is 0 Å². The fourth-order valence-electron chi connectivity index (χ4n) is 3.07. The minimum absolute atomic E-state index is 0.112. The molecule has 0 aliphatic heterocycles. The highest BCUT2D eigenvalue weighted by Crippen LogP contribution is 2.63. The van der Waals surface area contributed by atoms with Gasteiger partial charge in [0.1, 0.15) is 12.4 Å². The number of ether oxygens (including phenoxy) is 1. The van der Waals surface area contributed by atoms with Crippen LogP contribution in [0.3, 0.4) is 0 Å². The number of aliphatic hydroxyl groups is 1. The average molecular weight is 642 g/mol. The highest BCUT2D eigenvalue weighted by molar-refractivity contribution is 6.08. The fraction of sp³-hybridized carbons (Fsp3) is 0.435. The van der Waals surface area contributed by atoms with Crippen LogP contribution >= 0.6 is 0 Å². The van der Waals surface area contributed by atoms with Gasteiger partial charge >= 0.3 is 47.4 Å². The third kappa shape index (κ3) is 5.23. The normalized spacial score (nSPS) is 14.6. The number of aliphatic hydroxyl groups excluding tert-OH is 1. The molecular weight excluding hydrogens is 628 g/mol. The Morgan fingerprint density at radius 3 is 1.29 bits per heavy atom. The summed E-state index contributed by atoms with van der Waals surface area (Å²) in [6, 6.07) is 10.1. The molecule has 0 spiro atoms. The summed E-state index contributed by atoms with van der Waals surface area (Å²) in [4.78, 5) is 12.3. The molecule has 0 atom stereocenters. The molecular formula is C23H14F16O3. The highest BCUT2D eigenvalue weighted by atomic mass is 19.4. The summed E-state index contributed by atoms with van der Waals surface area (Å²) in [5.74, 6) is -64.3. The molecule has 236 valence electrons. The van der Waals surface area contributed by atoms with Crippen molar-refractivity contribution in [2.45, 2.75) is 47.4 Å². The van der Waals surface area contributed by atoms with E-state index in [4.69, 9.17) is 5.11 Å². The standard InChI is InChI=1S/C23H14F16O3/c24-16(25,10-40)18(28,29)20(32,33)22(36,37)23(38,39)21(34,35)19(30,31)17(26,27)11-42-14-8-6-13(7-9-14)15(41)12-4-2-1-3-5-12/h1-9,40H,10-11H2. The topological polar surface area (TPSA) is 46.5 Å². The van der Waals surface area contributed by atoms with Gasteiger partial charge in [-0.25, -0.2) is 0 Å². The summed E-state index contributed by atoms with van der Waals surface area (Å²) in [5, 5.41) is 8.01. The van der Waals surface area contributed by atoms with Crippen molar-refractivity contribution in [3.05, 3.63) is 65.7 Å². The smallest absolute Gasteiger partial charge is 0.385 e. The molecule has 0 saturated heterocycles. The van der Waals surface area contributed by atoms with E-state index in [-0.39, 0.29) is 11.1 Å². The van der Waals surface area contributed by atoms with Gasteiger partial charge in [-0.05, 0) is 24.3 Å². The van der Waals surface area contributed by atoms with Crippen molar-refractivity contribution < 1.29 is 84.9 Å². The first-order chi connectivity index (χ1) is 18.8. The van der Waals surface area contributed by atoms with Crippen molar-refractivity contribution in [2.24, 2.45) is 0 Å². The van der Waals surface area contributed by atoms with Gasteiger partial charge in [-0.3, -0.25) is 4.79 Å². The van der Waals surface area contributed by atoms with Crippen LogP contribution in [0.4, 0.5) is 70.2 Å². The van der Waals surface area contributed by atoms with Crippen molar-refractivity contribution in [3.63, 3.8) is 0 Å². The molecule has 0 heterocycles. The van der Waals surface area contributed by atoms with E-state index >= 15 is 0 Å². The number of halogens is 16. The lowest BCUT2D eigenvalue weighted by Gasteiger charge is -2.43. The van der Waals surface area contributed by atoms with Crippen molar-refractivity contribution in [3.8, 4) is 5.75 Å². The summed E-state index contributed by atoms with van der Waals surface area (Å²) in [7, 11) is 0. The van der Waals surface area contributed by atoms with Crippen LogP contribution in [-0.4, -0.2) is 71.5 Å². The summed E-state index contributed by atoms with van der Waals surface area (Å²) < 4.78 is 223. The lowest BCUT2D eigenvalue weighted by molar-refractivity contribution is -0.454. The largest absolute Gasteiger partial charge is 0.487 e. The van der Waals surface area contributed by atoms with Crippen molar-refractivity contribution in [2.75, 3.05) is 13.2 Å². The number of ketones is 1. The molecule has 0 aliphatic rings. The van der Waals surface area contributed by atoms with E-state index < -0.39 is 72.1 Å². The molecule has 0 aliphatic carbocycles. The van der Waals surface area contributed by atoms with Crippen LogP contribution in [-0.2, 0) is 0 Å². The van der Waals surface area contributed by atoms with Gasteiger partial charge in [0.25, 0.3) is 0 Å². The highest BCUT2D eigenvalue weighted by Gasteiger charge is 2.94. The molecule has 0 amide bonds. The molecule has 0 bridgehead atoms. The minimum Gasteiger partial charge on any atom is -0.487 e. The number of hydrogen-bond donors (Lipinski definition) is 1. The zero-order chi connectivity index (χ0) is 32.8. The molecule has 0 radical (unpaired) electrons. The molecule has 0 fully saturated rings. The number of rotatable bonds is 13. The van der Waals surface area contributed by atoms with Crippen molar-refractivity contribution in [1.29, 1.82) is 0 Å². The zero-order valence-corrected chi connectivity index (χ0v) is 19.9. The average Bonchev–Trinajstić information content (AvgIpc) is 2.91. The molecule has 2 aromatic carbocycles. The molecule has 0 unspecified atom stereocenters. The van der Waals surface area contributed by atoms with Crippen LogP contribution in [0.2, 0.25) is 0 Å². The number of benzene rings is 2. The van der Waals surface area contributed by atoms with Crippen LogP contribution in [0.1, 0.15) is 15.9 Å². The lowest BCUT2D eigenvalue weighted by Crippen LogP contribution is -2.75. The zero-order valence-electron chi connectivity index (χ0n) is 19.9. The molecule has 42 heavy (non-hydrogen) atoms. The lowest BCUT2D eigenvalue weighted by atomic mass is 9.88. The summed E-state index contributed by atoms with van der Waals surface area (Å²) in [6.07, 6.45) is 0. The van der Waals surface area contributed by atoms with E-state index in [0.29, 0.717) is 12.1 Å². The monoisotopic (exact) mass is 642 g/mol. The Kier molecular flexibility index (Phi) is 8.98. The van der Waals surface area contributed by atoms with E-state index in [2.05, 4.69) is 4.74 Å². The second-order valence-corrected chi connectivity index (χ2v) is 8.52. The van der Waals surface area contributed by atoms with Crippen LogP contribution in [0.5, 0.6) is 5.75 Å². The maximum Gasteiger partial charge on any atom is 0.385 e. The Balaban J connectivity index is 2.35. The van der Waals surface area contributed by atoms with Gasteiger partial charge < -0.3 is 9.84 Å². The second-order valence-electron chi connectivity index (χ2n) is 8.52. The van der Waals surface area contributed by atoms with E-state index in [9.17, 15) is 75.0 Å². The Labute approximate surface area is 223 Å². The Hall–Kier alpha value is -3.25. The molecule has 19 heteroatoms. The minimum atomic E-state index is -8.56. The van der Waals surface area contributed by atoms with E-state index in [1.165, 1.54) is 24.3 Å². The predicted molar refractivity (Wildman–Crippen MR) is 108 cm³/mol. The van der Waals surface area contributed by atoms with E-state index in [0.717, 1.165) is 12.1 Å². The fourth-order valence-corrected chi connectivity index (χ4v) is 3.07. The molecule has 2 aromatic rings. The second kappa shape index (κ2) is 10.8. The third-order valence-electron chi connectivity index (χ3n) is 5.66.